The van der Waals surface area contributed by atoms with Gasteiger partial charge in [-0.1, -0.05) is 98.8 Å². The van der Waals surface area contributed by atoms with E-state index in [1.54, 1.807) is 0 Å². The summed E-state index contributed by atoms with van der Waals surface area (Å²) in [5, 5.41) is 7.08. The monoisotopic (exact) mass is 512 g/mol. The van der Waals surface area contributed by atoms with Crippen molar-refractivity contribution in [1.82, 2.24) is 9.97 Å². The molecule has 3 nitrogen and oxygen atoms in total. The normalized spacial score (nSPS) is 13.9. The topological polar surface area (TPSA) is 38.9 Å². The molecule has 3 heteroatoms. The number of benzene rings is 6. The van der Waals surface area contributed by atoms with E-state index in [0.29, 0.717) is 0 Å². The van der Waals surface area contributed by atoms with Gasteiger partial charge >= 0.3 is 0 Å². The van der Waals surface area contributed by atoms with Crippen molar-refractivity contribution in [2.45, 2.75) is 19.3 Å². The molecule has 0 aliphatic heterocycles. The zero-order chi connectivity index (χ0) is 26.6. The molecule has 0 unspecified atom stereocenters. The molecule has 6 aromatic carbocycles. The molecule has 188 valence electrons. The first-order valence-electron chi connectivity index (χ1n) is 13.8. The molecule has 0 fully saturated rings. The Balaban J connectivity index is 1.29. The zero-order valence-electron chi connectivity index (χ0n) is 22.2. The van der Waals surface area contributed by atoms with E-state index in [2.05, 4.69) is 111 Å². The van der Waals surface area contributed by atoms with E-state index in [0.717, 1.165) is 44.2 Å². The van der Waals surface area contributed by atoms with Crippen molar-refractivity contribution in [3.63, 3.8) is 0 Å². The number of nitrogens with zero attached hydrogens (tertiary/aromatic N) is 2. The maximum atomic E-state index is 6.25. The Labute approximate surface area is 230 Å². The highest BCUT2D eigenvalue weighted by Crippen LogP contribution is 2.53. The number of fused-ring (bicyclic) bond motifs is 13. The first-order chi connectivity index (χ1) is 19.6. The average molecular weight is 513 g/mol. The second-order valence-electron chi connectivity index (χ2n) is 11.4. The zero-order valence-corrected chi connectivity index (χ0v) is 22.2. The van der Waals surface area contributed by atoms with Gasteiger partial charge in [0.05, 0.1) is 22.9 Å². The van der Waals surface area contributed by atoms with Crippen LogP contribution in [-0.4, -0.2) is 9.97 Å². The molecule has 8 aromatic rings. The third kappa shape index (κ3) is 2.74. The molecule has 0 spiro atoms. The summed E-state index contributed by atoms with van der Waals surface area (Å²) in [5.41, 5.74) is 10.8. The van der Waals surface area contributed by atoms with Gasteiger partial charge in [0.2, 0.25) is 0 Å². The summed E-state index contributed by atoms with van der Waals surface area (Å²) >= 11 is 0. The van der Waals surface area contributed by atoms with Gasteiger partial charge in [0.25, 0.3) is 0 Å². The minimum atomic E-state index is -0.153. The molecule has 2 heterocycles. The van der Waals surface area contributed by atoms with Crippen molar-refractivity contribution in [2.75, 3.05) is 0 Å². The second kappa shape index (κ2) is 7.55. The Hall–Kier alpha value is -5.02. The third-order valence-corrected chi connectivity index (χ3v) is 8.87. The number of para-hydroxylation sites is 1. The van der Waals surface area contributed by atoms with Gasteiger partial charge in [0.1, 0.15) is 11.2 Å². The third-order valence-electron chi connectivity index (χ3n) is 8.87. The molecule has 2 aromatic heterocycles. The van der Waals surface area contributed by atoms with E-state index in [1.807, 2.05) is 12.3 Å². The maximum Gasteiger partial charge on any atom is 0.135 e. The molecule has 0 saturated carbocycles. The maximum absolute atomic E-state index is 6.25. The van der Waals surface area contributed by atoms with Crippen molar-refractivity contribution in [1.29, 1.82) is 0 Å². The van der Waals surface area contributed by atoms with E-state index in [4.69, 9.17) is 14.4 Å². The Morgan fingerprint density at radius 3 is 2.05 bits per heavy atom. The molecule has 1 aliphatic carbocycles. The van der Waals surface area contributed by atoms with Crippen molar-refractivity contribution >= 4 is 54.5 Å². The molecular formula is C37H24N2O. The van der Waals surface area contributed by atoms with Crippen molar-refractivity contribution < 1.29 is 4.42 Å². The number of hydrogen-bond donors (Lipinski definition) is 0. The van der Waals surface area contributed by atoms with Gasteiger partial charge in [-0.3, -0.25) is 4.98 Å². The highest BCUT2D eigenvalue weighted by atomic mass is 16.3. The van der Waals surface area contributed by atoms with Crippen LogP contribution >= 0.6 is 0 Å². The molecule has 1 aliphatic rings. The van der Waals surface area contributed by atoms with E-state index < -0.39 is 0 Å². The van der Waals surface area contributed by atoms with E-state index in [-0.39, 0.29) is 5.41 Å². The van der Waals surface area contributed by atoms with Gasteiger partial charge in [-0.25, -0.2) is 4.98 Å². The highest BCUT2D eigenvalue weighted by Gasteiger charge is 2.38. The minimum absolute atomic E-state index is 0.153. The SMILES string of the molecule is CC1(C)c2ccc(-c3cnc4c5ccccc5c5ccccc5c4n3)cc2-c2ccc3oc4ccccc4c3c21. The van der Waals surface area contributed by atoms with Gasteiger partial charge in [0, 0.05) is 32.5 Å². The molecule has 0 amide bonds. The van der Waals surface area contributed by atoms with Crippen LogP contribution in [0.15, 0.2) is 114 Å². The summed E-state index contributed by atoms with van der Waals surface area (Å²) < 4.78 is 6.25. The van der Waals surface area contributed by atoms with Crippen molar-refractivity contribution in [2.24, 2.45) is 0 Å². The van der Waals surface area contributed by atoms with Gasteiger partial charge in [-0.05, 0) is 51.2 Å². The summed E-state index contributed by atoms with van der Waals surface area (Å²) in [7, 11) is 0. The molecule has 0 radical (unpaired) electrons. The van der Waals surface area contributed by atoms with Gasteiger partial charge in [-0.2, -0.15) is 0 Å². The molecule has 0 bridgehead atoms. The van der Waals surface area contributed by atoms with Gasteiger partial charge in [0.15, 0.2) is 0 Å². The average Bonchev–Trinajstić information content (AvgIpc) is 3.49. The Kier molecular flexibility index (Phi) is 4.13. The standard InChI is InChI=1S/C37H24N2O/c1-37(2)29-17-15-21(19-28(29)24-16-18-32-33(34(24)37)27-13-7-8-14-31(27)40-32)30-20-38-35-25-11-5-3-9-22(25)23-10-4-6-12-26(23)36(35)39-30/h3-20H,1-2H3. The Bertz CT molecular complexity index is 2320. The predicted octanol–water partition coefficient (Wildman–Crippen LogP) is 9.81. The van der Waals surface area contributed by atoms with Gasteiger partial charge in [-0.15, -0.1) is 0 Å². The van der Waals surface area contributed by atoms with E-state index >= 15 is 0 Å². The smallest absolute Gasteiger partial charge is 0.135 e. The van der Waals surface area contributed by atoms with Crippen LogP contribution in [0.1, 0.15) is 25.0 Å². The van der Waals surface area contributed by atoms with Crippen LogP contribution in [0.4, 0.5) is 0 Å². The van der Waals surface area contributed by atoms with E-state index in [1.165, 1.54) is 43.8 Å². The largest absolute Gasteiger partial charge is 0.456 e. The molecule has 0 N–H and O–H groups in total. The molecule has 0 atom stereocenters. The summed E-state index contributed by atoms with van der Waals surface area (Å²) in [5.74, 6) is 0. The second-order valence-corrected chi connectivity index (χ2v) is 11.4. The number of hydrogen-bond acceptors (Lipinski definition) is 3. The van der Waals surface area contributed by atoms with Crippen LogP contribution in [0.5, 0.6) is 0 Å². The van der Waals surface area contributed by atoms with Crippen LogP contribution in [0, 0.1) is 0 Å². The Morgan fingerprint density at radius 2 is 1.27 bits per heavy atom. The fourth-order valence-corrected chi connectivity index (χ4v) is 7.06. The number of aromatic nitrogens is 2. The first kappa shape index (κ1) is 21.9. The lowest BCUT2D eigenvalue weighted by molar-refractivity contribution is 0.657. The number of rotatable bonds is 1. The lowest BCUT2D eigenvalue weighted by Gasteiger charge is -2.22. The van der Waals surface area contributed by atoms with Crippen molar-refractivity contribution in [3.8, 4) is 22.4 Å². The minimum Gasteiger partial charge on any atom is -0.456 e. The molecule has 0 saturated heterocycles. The van der Waals surface area contributed by atoms with Gasteiger partial charge < -0.3 is 4.42 Å². The molecular weight excluding hydrogens is 488 g/mol. The molecule has 9 rings (SSSR count). The lowest BCUT2D eigenvalue weighted by Crippen LogP contribution is -2.15. The predicted molar refractivity (Wildman–Crippen MR) is 165 cm³/mol. The summed E-state index contributed by atoms with van der Waals surface area (Å²) in [4.78, 5) is 10.2. The van der Waals surface area contributed by atoms with Crippen LogP contribution in [0.3, 0.4) is 0 Å². The lowest BCUT2D eigenvalue weighted by atomic mass is 9.80. The summed E-state index contributed by atoms with van der Waals surface area (Å²) in [6, 6.07) is 36.5. The van der Waals surface area contributed by atoms with Crippen LogP contribution < -0.4 is 0 Å². The molecule has 40 heavy (non-hydrogen) atoms. The Morgan fingerprint density at radius 1 is 0.600 bits per heavy atom. The van der Waals surface area contributed by atoms with Crippen LogP contribution in [0.2, 0.25) is 0 Å². The van der Waals surface area contributed by atoms with Crippen LogP contribution in [0.25, 0.3) is 76.9 Å². The van der Waals surface area contributed by atoms with Crippen molar-refractivity contribution in [3.05, 3.63) is 120 Å². The fraction of sp³-hybridized carbons (Fsp3) is 0.0811. The summed E-state index contributed by atoms with van der Waals surface area (Å²) in [6.45, 7) is 4.65. The summed E-state index contributed by atoms with van der Waals surface area (Å²) in [6.07, 6.45) is 1.93. The fourth-order valence-electron chi connectivity index (χ4n) is 7.06. The van der Waals surface area contributed by atoms with Crippen LogP contribution in [-0.2, 0) is 5.41 Å². The number of furan rings is 1. The first-order valence-corrected chi connectivity index (χ1v) is 13.8. The van der Waals surface area contributed by atoms with E-state index in [9.17, 15) is 0 Å². The quantitative estimate of drug-likeness (QED) is 0.205. The highest BCUT2D eigenvalue weighted by molar-refractivity contribution is 6.23.